The Bertz CT molecular complexity index is 582. The first kappa shape index (κ1) is 15.9. The molecular weight excluding hydrogens is 276 g/mol. The van der Waals surface area contributed by atoms with Crippen LogP contribution in [0.2, 0.25) is 0 Å². The van der Waals surface area contributed by atoms with E-state index in [4.69, 9.17) is 4.74 Å². The zero-order valence-electron chi connectivity index (χ0n) is 13.1. The number of carbonyl (C=O) groups excluding carboxylic acids is 1. The van der Waals surface area contributed by atoms with E-state index < -0.39 is 0 Å². The van der Waals surface area contributed by atoms with Crippen molar-refractivity contribution >= 4 is 6.03 Å². The lowest BCUT2D eigenvalue weighted by molar-refractivity contribution is 0.207. The van der Waals surface area contributed by atoms with Gasteiger partial charge in [-0.2, -0.15) is 0 Å². The number of benzene rings is 2. The molecule has 4 heteroatoms. The molecule has 1 N–H and O–H groups in total. The van der Waals surface area contributed by atoms with Crippen LogP contribution in [-0.2, 0) is 13.0 Å². The summed E-state index contributed by atoms with van der Waals surface area (Å²) in [7, 11) is 3.45. The van der Waals surface area contributed by atoms with Crippen molar-refractivity contribution in [1.29, 1.82) is 0 Å². The fraction of sp³-hybridized carbons (Fsp3) is 0.278. The molecule has 2 rings (SSSR count). The summed E-state index contributed by atoms with van der Waals surface area (Å²) in [5.41, 5.74) is 2.29. The molecule has 2 aromatic rings. The Morgan fingerprint density at radius 3 is 2.36 bits per heavy atom. The number of hydrogen-bond donors (Lipinski definition) is 1. The Kier molecular flexibility index (Phi) is 5.83. The maximum absolute atomic E-state index is 12.0. The van der Waals surface area contributed by atoms with E-state index in [-0.39, 0.29) is 6.03 Å². The van der Waals surface area contributed by atoms with Crippen LogP contribution < -0.4 is 10.1 Å². The van der Waals surface area contributed by atoms with Crippen LogP contribution in [0.3, 0.4) is 0 Å². The van der Waals surface area contributed by atoms with E-state index in [0.29, 0.717) is 13.1 Å². The molecule has 0 heterocycles. The molecule has 0 radical (unpaired) electrons. The van der Waals surface area contributed by atoms with Crippen LogP contribution in [-0.4, -0.2) is 31.6 Å². The van der Waals surface area contributed by atoms with Gasteiger partial charge in [0, 0.05) is 20.1 Å². The number of rotatable bonds is 6. The van der Waals surface area contributed by atoms with Gasteiger partial charge in [-0.25, -0.2) is 4.79 Å². The smallest absolute Gasteiger partial charge is 0.317 e. The van der Waals surface area contributed by atoms with E-state index in [1.165, 1.54) is 5.56 Å². The first-order valence-corrected chi connectivity index (χ1v) is 7.35. The lowest BCUT2D eigenvalue weighted by Gasteiger charge is -2.18. The number of urea groups is 1. The van der Waals surface area contributed by atoms with E-state index in [9.17, 15) is 4.79 Å². The van der Waals surface area contributed by atoms with Crippen LogP contribution in [0.1, 0.15) is 11.1 Å². The van der Waals surface area contributed by atoms with Crippen molar-refractivity contribution in [3.8, 4) is 5.75 Å². The standard InChI is InChI=1S/C18H22N2O2/c1-20(14-16-6-4-3-5-7-16)18(21)19-13-12-15-8-10-17(22-2)11-9-15/h3-11H,12-14H2,1-2H3,(H,19,21). The molecule has 0 saturated carbocycles. The summed E-state index contributed by atoms with van der Waals surface area (Å²) < 4.78 is 5.12. The second-order valence-corrected chi connectivity index (χ2v) is 5.17. The molecular formula is C18H22N2O2. The Hall–Kier alpha value is -2.49. The Morgan fingerprint density at radius 2 is 1.73 bits per heavy atom. The molecule has 0 aliphatic rings. The molecule has 0 bridgehead atoms. The van der Waals surface area contributed by atoms with Crippen LogP contribution in [0.15, 0.2) is 54.6 Å². The number of methoxy groups -OCH3 is 1. The summed E-state index contributed by atoms with van der Waals surface area (Å²) in [5.74, 6) is 0.843. The molecule has 0 saturated heterocycles. The maximum atomic E-state index is 12.0. The minimum atomic E-state index is -0.0580. The summed E-state index contributed by atoms with van der Waals surface area (Å²) in [5, 5.41) is 2.94. The second-order valence-electron chi connectivity index (χ2n) is 5.17. The SMILES string of the molecule is COc1ccc(CCNC(=O)N(C)Cc2ccccc2)cc1. The van der Waals surface area contributed by atoms with Gasteiger partial charge < -0.3 is 15.0 Å². The van der Waals surface area contributed by atoms with Crippen LogP contribution >= 0.6 is 0 Å². The Labute approximate surface area is 131 Å². The molecule has 0 unspecified atom stereocenters. The first-order valence-electron chi connectivity index (χ1n) is 7.35. The molecule has 0 fully saturated rings. The van der Waals surface area contributed by atoms with Gasteiger partial charge in [-0.05, 0) is 29.7 Å². The van der Waals surface area contributed by atoms with Crippen molar-refractivity contribution in [3.05, 3.63) is 65.7 Å². The maximum Gasteiger partial charge on any atom is 0.317 e. The van der Waals surface area contributed by atoms with Gasteiger partial charge in [0.2, 0.25) is 0 Å². The highest BCUT2D eigenvalue weighted by molar-refractivity contribution is 5.73. The van der Waals surface area contributed by atoms with Gasteiger partial charge in [0.15, 0.2) is 0 Å². The van der Waals surface area contributed by atoms with Gasteiger partial charge in [-0.3, -0.25) is 0 Å². The predicted molar refractivity (Wildman–Crippen MR) is 88.0 cm³/mol. The van der Waals surface area contributed by atoms with Crippen LogP contribution in [0.4, 0.5) is 4.79 Å². The normalized spacial score (nSPS) is 10.1. The summed E-state index contributed by atoms with van der Waals surface area (Å²) in [6.07, 6.45) is 0.801. The third kappa shape index (κ3) is 4.81. The van der Waals surface area contributed by atoms with E-state index in [2.05, 4.69) is 5.32 Å². The summed E-state index contributed by atoms with van der Waals surface area (Å²) >= 11 is 0. The lowest BCUT2D eigenvalue weighted by Crippen LogP contribution is -2.37. The largest absolute Gasteiger partial charge is 0.497 e. The molecule has 116 valence electrons. The average molecular weight is 298 g/mol. The zero-order chi connectivity index (χ0) is 15.8. The minimum absolute atomic E-state index is 0.0580. The Balaban J connectivity index is 1.74. The molecule has 0 atom stereocenters. The molecule has 2 aromatic carbocycles. The van der Waals surface area contributed by atoms with Gasteiger partial charge in [-0.15, -0.1) is 0 Å². The fourth-order valence-electron chi connectivity index (χ4n) is 2.17. The number of hydrogen-bond acceptors (Lipinski definition) is 2. The minimum Gasteiger partial charge on any atom is -0.497 e. The van der Waals surface area contributed by atoms with Crippen molar-refractivity contribution in [2.75, 3.05) is 20.7 Å². The summed E-state index contributed by atoms with van der Waals surface area (Å²) in [6, 6.07) is 17.8. The quantitative estimate of drug-likeness (QED) is 0.890. The van der Waals surface area contributed by atoms with Crippen molar-refractivity contribution in [3.63, 3.8) is 0 Å². The summed E-state index contributed by atoms with van der Waals surface area (Å²) in [4.78, 5) is 13.7. The monoisotopic (exact) mass is 298 g/mol. The number of nitrogens with one attached hydrogen (secondary N) is 1. The fourth-order valence-corrected chi connectivity index (χ4v) is 2.17. The van der Waals surface area contributed by atoms with Gasteiger partial charge in [0.1, 0.15) is 5.75 Å². The third-order valence-corrected chi connectivity index (χ3v) is 3.46. The zero-order valence-corrected chi connectivity index (χ0v) is 13.1. The highest BCUT2D eigenvalue weighted by Crippen LogP contribution is 2.11. The van der Waals surface area contributed by atoms with Crippen molar-refractivity contribution < 1.29 is 9.53 Å². The van der Waals surface area contributed by atoms with Gasteiger partial charge in [0.25, 0.3) is 0 Å². The molecule has 0 spiro atoms. The number of nitrogens with zero attached hydrogens (tertiary/aromatic N) is 1. The highest BCUT2D eigenvalue weighted by Gasteiger charge is 2.08. The second kappa shape index (κ2) is 8.08. The number of carbonyl (C=O) groups is 1. The topological polar surface area (TPSA) is 41.6 Å². The van der Waals surface area contributed by atoms with Crippen molar-refractivity contribution in [1.82, 2.24) is 10.2 Å². The summed E-state index contributed by atoms with van der Waals surface area (Å²) in [6.45, 7) is 1.22. The highest BCUT2D eigenvalue weighted by atomic mass is 16.5. The number of amides is 2. The third-order valence-electron chi connectivity index (χ3n) is 3.46. The van der Waals surface area contributed by atoms with Gasteiger partial charge >= 0.3 is 6.03 Å². The molecule has 0 aliphatic heterocycles. The van der Waals surface area contributed by atoms with E-state index in [1.807, 2.05) is 54.6 Å². The van der Waals surface area contributed by atoms with E-state index in [1.54, 1.807) is 19.1 Å². The predicted octanol–water partition coefficient (Wildman–Crippen LogP) is 3.08. The molecule has 2 amide bonds. The van der Waals surface area contributed by atoms with E-state index in [0.717, 1.165) is 17.7 Å². The van der Waals surface area contributed by atoms with Gasteiger partial charge in [0.05, 0.1) is 7.11 Å². The first-order chi connectivity index (χ1) is 10.7. The Morgan fingerprint density at radius 1 is 1.05 bits per heavy atom. The molecule has 22 heavy (non-hydrogen) atoms. The van der Waals surface area contributed by atoms with Crippen molar-refractivity contribution in [2.24, 2.45) is 0 Å². The molecule has 0 aromatic heterocycles. The molecule has 4 nitrogen and oxygen atoms in total. The van der Waals surface area contributed by atoms with Crippen LogP contribution in [0.25, 0.3) is 0 Å². The van der Waals surface area contributed by atoms with Crippen LogP contribution in [0.5, 0.6) is 5.75 Å². The lowest BCUT2D eigenvalue weighted by atomic mass is 10.1. The van der Waals surface area contributed by atoms with Gasteiger partial charge in [-0.1, -0.05) is 42.5 Å². The average Bonchev–Trinajstić information content (AvgIpc) is 2.56. The van der Waals surface area contributed by atoms with E-state index >= 15 is 0 Å². The molecule has 0 aliphatic carbocycles. The number of ether oxygens (including phenoxy) is 1. The van der Waals surface area contributed by atoms with Crippen LogP contribution in [0, 0.1) is 0 Å². The van der Waals surface area contributed by atoms with Crippen molar-refractivity contribution in [2.45, 2.75) is 13.0 Å².